The van der Waals surface area contributed by atoms with Gasteiger partial charge in [0, 0.05) is 38.1 Å². The average molecular weight is 267 g/mol. The van der Waals surface area contributed by atoms with Crippen molar-refractivity contribution < 1.29 is 4.79 Å². The van der Waals surface area contributed by atoms with E-state index < -0.39 is 0 Å². The summed E-state index contributed by atoms with van der Waals surface area (Å²) in [4.78, 5) is 16.8. The second-order valence-electron chi connectivity index (χ2n) is 6.00. The molecule has 19 heavy (non-hydrogen) atoms. The zero-order valence-electron chi connectivity index (χ0n) is 12.3. The van der Waals surface area contributed by atoms with Crippen molar-refractivity contribution in [2.75, 3.05) is 26.2 Å². The SMILES string of the molecule is CCCCN(C1CC1)C(CN)CC(=O)N1CCCC1. The Morgan fingerprint density at radius 3 is 2.58 bits per heavy atom. The van der Waals surface area contributed by atoms with Gasteiger partial charge < -0.3 is 10.6 Å². The Bertz CT molecular complexity index is 285. The summed E-state index contributed by atoms with van der Waals surface area (Å²) in [5.41, 5.74) is 5.95. The van der Waals surface area contributed by atoms with E-state index in [-0.39, 0.29) is 6.04 Å². The second kappa shape index (κ2) is 7.25. The molecule has 0 radical (unpaired) electrons. The van der Waals surface area contributed by atoms with Crippen LogP contribution in [0.25, 0.3) is 0 Å². The number of hydrogen-bond acceptors (Lipinski definition) is 3. The molecule has 1 saturated heterocycles. The fourth-order valence-corrected chi connectivity index (χ4v) is 3.04. The van der Waals surface area contributed by atoms with Crippen molar-refractivity contribution in [1.29, 1.82) is 0 Å². The maximum atomic E-state index is 12.3. The number of unbranched alkanes of at least 4 members (excludes halogenated alkanes) is 1. The first kappa shape index (κ1) is 14.8. The van der Waals surface area contributed by atoms with Crippen LogP contribution in [-0.2, 0) is 4.79 Å². The lowest BCUT2D eigenvalue weighted by atomic mass is 10.1. The highest BCUT2D eigenvalue weighted by Crippen LogP contribution is 2.30. The van der Waals surface area contributed by atoms with Gasteiger partial charge in [-0.15, -0.1) is 0 Å². The maximum absolute atomic E-state index is 12.3. The summed E-state index contributed by atoms with van der Waals surface area (Å²) in [6, 6.07) is 0.957. The minimum Gasteiger partial charge on any atom is -0.343 e. The summed E-state index contributed by atoms with van der Waals surface area (Å²) in [5.74, 6) is 0.315. The number of nitrogens with two attached hydrogens (primary N) is 1. The third kappa shape index (κ3) is 4.18. The highest BCUT2D eigenvalue weighted by Gasteiger charge is 2.34. The molecule has 2 fully saturated rings. The predicted molar refractivity (Wildman–Crippen MR) is 77.9 cm³/mol. The summed E-state index contributed by atoms with van der Waals surface area (Å²) in [6.07, 6.45) is 7.96. The second-order valence-corrected chi connectivity index (χ2v) is 6.00. The Hall–Kier alpha value is -0.610. The van der Waals surface area contributed by atoms with Gasteiger partial charge in [0.1, 0.15) is 0 Å². The summed E-state index contributed by atoms with van der Waals surface area (Å²) >= 11 is 0. The molecule has 0 aromatic heterocycles. The van der Waals surface area contributed by atoms with Crippen molar-refractivity contribution >= 4 is 5.91 Å². The van der Waals surface area contributed by atoms with Gasteiger partial charge in [-0.2, -0.15) is 0 Å². The van der Waals surface area contributed by atoms with Crippen LogP contribution in [-0.4, -0.2) is 54.0 Å². The molecular weight excluding hydrogens is 238 g/mol. The van der Waals surface area contributed by atoms with Gasteiger partial charge in [0.15, 0.2) is 0 Å². The highest BCUT2D eigenvalue weighted by molar-refractivity contribution is 5.77. The number of amides is 1. The summed E-state index contributed by atoms with van der Waals surface area (Å²) in [6.45, 7) is 5.84. The zero-order valence-corrected chi connectivity index (χ0v) is 12.3. The minimum atomic E-state index is 0.257. The smallest absolute Gasteiger partial charge is 0.224 e. The van der Waals surface area contributed by atoms with E-state index in [1.54, 1.807) is 0 Å². The number of nitrogens with zero attached hydrogens (tertiary/aromatic N) is 2. The third-order valence-electron chi connectivity index (χ3n) is 4.40. The Morgan fingerprint density at radius 1 is 1.37 bits per heavy atom. The van der Waals surface area contributed by atoms with E-state index in [4.69, 9.17) is 5.73 Å². The van der Waals surface area contributed by atoms with E-state index in [0.29, 0.717) is 24.9 Å². The van der Waals surface area contributed by atoms with Crippen molar-refractivity contribution in [3.8, 4) is 0 Å². The van der Waals surface area contributed by atoms with Gasteiger partial charge in [-0.25, -0.2) is 0 Å². The largest absolute Gasteiger partial charge is 0.343 e. The van der Waals surface area contributed by atoms with Crippen LogP contribution in [0.1, 0.15) is 51.9 Å². The molecule has 1 unspecified atom stereocenters. The maximum Gasteiger partial charge on any atom is 0.224 e. The number of carbonyl (C=O) groups excluding carboxylic acids is 1. The standard InChI is InChI=1S/C15H29N3O/c1-2-3-10-18(13-6-7-13)14(12-16)11-15(19)17-8-4-5-9-17/h13-14H,2-12,16H2,1H3. The fourth-order valence-electron chi connectivity index (χ4n) is 3.04. The van der Waals surface area contributed by atoms with Crippen LogP contribution in [0.2, 0.25) is 0 Å². The molecule has 0 aromatic carbocycles. The van der Waals surface area contributed by atoms with Crippen LogP contribution in [0, 0.1) is 0 Å². The Morgan fingerprint density at radius 2 is 2.05 bits per heavy atom. The zero-order chi connectivity index (χ0) is 13.7. The van der Waals surface area contributed by atoms with E-state index in [2.05, 4.69) is 11.8 Å². The van der Waals surface area contributed by atoms with Gasteiger partial charge >= 0.3 is 0 Å². The first-order chi connectivity index (χ1) is 9.26. The van der Waals surface area contributed by atoms with Crippen LogP contribution in [0.5, 0.6) is 0 Å². The number of carbonyl (C=O) groups is 1. The molecule has 4 heteroatoms. The molecule has 1 saturated carbocycles. The molecular formula is C15H29N3O. The van der Waals surface area contributed by atoms with Crippen molar-refractivity contribution in [2.24, 2.45) is 5.73 Å². The molecule has 4 nitrogen and oxygen atoms in total. The number of likely N-dealkylation sites (tertiary alicyclic amines) is 1. The van der Waals surface area contributed by atoms with E-state index >= 15 is 0 Å². The Kier molecular flexibility index (Phi) is 5.64. The van der Waals surface area contributed by atoms with Gasteiger partial charge in [0.05, 0.1) is 0 Å². The molecule has 0 spiro atoms. The molecule has 0 aromatic rings. The first-order valence-corrected chi connectivity index (χ1v) is 7.99. The molecule has 1 heterocycles. The third-order valence-corrected chi connectivity index (χ3v) is 4.40. The van der Waals surface area contributed by atoms with Gasteiger partial charge in [-0.05, 0) is 38.6 Å². The lowest BCUT2D eigenvalue weighted by molar-refractivity contribution is -0.131. The van der Waals surface area contributed by atoms with Crippen LogP contribution < -0.4 is 5.73 Å². The number of rotatable bonds is 8. The van der Waals surface area contributed by atoms with Crippen molar-refractivity contribution in [3.63, 3.8) is 0 Å². The van der Waals surface area contributed by atoms with Gasteiger partial charge in [-0.1, -0.05) is 13.3 Å². The van der Waals surface area contributed by atoms with Crippen molar-refractivity contribution in [3.05, 3.63) is 0 Å². The summed E-state index contributed by atoms with van der Waals surface area (Å²) < 4.78 is 0. The van der Waals surface area contributed by atoms with Gasteiger partial charge in [0.2, 0.25) is 5.91 Å². The van der Waals surface area contributed by atoms with E-state index in [0.717, 1.165) is 19.6 Å². The first-order valence-electron chi connectivity index (χ1n) is 7.99. The van der Waals surface area contributed by atoms with E-state index in [9.17, 15) is 4.79 Å². The summed E-state index contributed by atoms with van der Waals surface area (Å²) in [7, 11) is 0. The van der Waals surface area contributed by atoms with Crippen LogP contribution in [0.3, 0.4) is 0 Å². The summed E-state index contributed by atoms with van der Waals surface area (Å²) in [5, 5.41) is 0. The Labute approximate surface area is 117 Å². The molecule has 2 aliphatic rings. The monoisotopic (exact) mass is 267 g/mol. The van der Waals surface area contributed by atoms with Crippen molar-refractivity contribution in [2.45, 2.75) is 64.0 Å². The predicted octanol–water partition coefficient (Wildman–Crippen LogP) is 1.59. The Balaban J connectivity index is 1.87. The molecule has 2 N–H and O–H groups in total. The quantitative estimate of drug-likeness (QED) is 0.726. The lowest BCUT2D eigenvalue weighted by Gasteiger charge is -2.31. The molecule has 1 aliphatic carbocycles. The van der Waals surface area contributed by atoms with Gasteiger partial charge in [-0.3, -0.25) is 9.69 Å². The van der Waals surface area contributed by atoms with Crippen LogP contribution in [0.15, 0.2) is 0 Å². The van der Waals surface area contributed by atoms with Gasteiger partial charge in [0.25, 0.3) is 0 Å². The minimum absolute atomic E-state index is 0.257. The number of hydrogen-bond donors (Lipinski definition) is 1. The fraction of sp³-hybridized carbons (Fsp3) is 0.933. The van der Waals surface area contributed by atoms with Crippen LogP contribution >= 0.6 is 0 Å². The lowest BCUT2D eigenvalue weighted by Crippen LogP contribution is -2.46. The normalized spacial score (nSPS) is 21.1. The topological polar surface area (TPSA) is 49.6 Å². The molecule has 1 aliphatic heterocycles. The highest BCUT2D eigenvalue weighted by atomic mass is 16.2. The molecule has 2 rings (SSSR count). The van der Waals surface area contributed by atoms with E-state index in [1.165, 1.54) is 38.5 Å². The molecule has 1 atom stereocenters. The van der Waals surface area contributed by atoms with E-state index in [1.807, 2.05) is 4.90 Å². The van der Waals surface area contributed by atoms with Crippen LogP contribution in [0.4, 0.5) is 0 Å². The van der Waals surface area contributed by atoms with Crippen molar-refractivity contribution in [1.82, 2.24) is 9.80 Å². The molecule has 1 amide bonds. The molecule has 110 valence electrons. The average Bonchev–Trinajstić information content (AvgIpc) is 3.10. The molecule has 0 bridgehead atoms.